The Morgan fingerprint density at radius 3 is 2.90 bits per heavy atom. The van der Waals surface area contributed by atoms with Crippen LogP contribution in [0.25, 0.3) is 0 Å². The molecule has 2 heterocycles. The van der Waals surface area contributed by atoms with Gasteiger partial charge in [-0.3, -0.25) is 4.79 Å². The summed E-state index contributed by atoms with van der Waals surface area (Å²) in [6.45, 7) is 6.95. The number of ether oxygens (including phenoxy) is 1. The van der Waals surface area contributed by atoms with Crippen molar-refractivity contribution in [2.24, 2.45) is 5.92 Å². The maximum atomic E-state index is 11.7. The van der Waals surface area contributed by atoms with E-state index in [1.807, 2.05) is 13.8 Å². The van der Waals surface area contributed by atoms with Crippen LogP contribution in [0.5, 0.6) is 0 Å². The van der Waals surface area contributed by atoms with Gasteiger partial charge >= 0.3 is 6.09 Å². The maximum absolute atomic E-state index is 11.7. The van der Waals surface area contributed by atoms with Gasteiger partial charge in [0.05, 0.1) is 18.8 Å². The number of anilines is 1. The SMILES string of the molecule is CCOC(=O)N1CCc2nc(NC(=O)C(C)C)sc2C1. The van der Waals surface area contributed by atoms with Crippen LogP contribution >= 0.6 is 11.3 Å². The van der Waals surface area contributed by atoms with E-state index in [2.05, 4.69) is 10.3 Å². The molecule has 1 aromatic heterocycles. The highest BCUT2D eigenvalue weighted by atomic mass is 32.1. The standard InChI is InChI=1S/C13H19N3O3S/c1-4-19-13(18)16-6-5-9-10(7-16)20-12(14-9)15-11(17)8(2)3/h8H,4-7H2,1-3H3,(H,14,15,17). The zero-order chi connectivity index (χ0) is 14.7. The fourth-order valence-corrected chi connectivity index (χ4v) is 2.90. The molecule has 0 saturated carbocycles. The Morgan fingerprint density at radius 2 is 2.25 bits per heavy atom. The van der Waals surface area contributed by atoms with Crippen LogP contribution in [-0.2, 0) is 22.5 Å². The molecular formula is C13H19N3O3S. The van der Waals surface area contributed by atoms with Crippen molar-refractivity contribution >= 4 is 28.5 Å². The molecule has 2 amide bonds. The van der Waals surface area contributed by atoms with Crippen LogP contribution in [0.3, 0.4) is 0 Å². The summed E-state index contributed by atoms with van der Waals surface area (Å²) in [6, 6.07) is 0. The second-order valence-corrected chi connectivity index (χ2v) is 5.99. The lowest BCUT2D eigenvalue weighted by Gasteiger charge is -2.24. The summed E-state index contributed by atoms with van der Waals surface area (Å²) in [4.78, 5) is 30.5. The van der Waals surface area contributed by atoms with Crippen molar-refractivity contribution in [2.75, 3.05) is 18.5 Å². The summed E-state index contributed by atoms with van der Waals surface area (Å²) in [6.07, 6.45) is 0.404. The third-order valence-corrected chi connectivity index (χ3v) is 4.01. The van der Waals surface area contributed by atoms with Gasteiger partial charge in [0.15, 0.2) is 5.13 Å². The minimum Gasteiger partial charge on any atom is -0.450 e. The third-order valence-electron chi connectivity index (χ3n) is 3.01. The van der Waals surface area contributed by atoms with E-state index in [9.17, 15) is 9.59 Å². The van der Waals surface area contributed by atoms with Crippen LogP contribution in [0.4, 0.5) is 9.93 Å². The van der Waals surface area contributed by atoms with Gasteiger partial charge in [0.2, 0.25) is 5.91 Å². The highest BCUT2D eigenvalue weighted by Gasteiger charge is 2.25. The number of carbonyl (C=O) groups is 2. The van der Waals surface area contributed by atoms with Crippen molar-refractivity contribution in [3.63, 3.8) is 0 Å². The van der Waals surface area contributed by atoms with Crippen molar-refractivity contribution in [1.29, 1.82) is 0 Å². The molecule has 7 heteroatoms. The lowest BCUT2D eigenvalue weighted by Crippen LogP contribution is -2.35. The monoisotopic (exact) mass is 297 g/mol. The smallest absolute Gasteiger partial charge is 0.410 e. The van der Waals surface area contributed by atoms with Gasteiger partial charge in [0.1, 0.15) is 0 Å². The summed E-state index contributed by atoms with van der Waals surface area (Å²) >= 11 is 1.43. The van der Waals surface area contributed by atoms with Crippen molar-refractivity contribution < 1.29 is 14.3 Å². The molecule has 0 bridgehead atoms. The van der Waals surface area contributed by atoms with Gasteiger partial charge in [-0.1, -0.05) is 25.2 Å². The molecule has 0 fully saturated rings. The molecule has 0 aliphatic carbocycles. The molecule has 0 unspecified atom stereocenters. The maximum Gasteiger partial charge on any atom is 0.410 e. The van der Waals surface area contributed by atoms with Gasteiger partial charge in [0, 0.05) is 23.8 Å². The number of thiazole rings is 1. The number of hydrogen-bond acceptors (Lipinski definition) is 5. The highest BCUT2D eigenvalue weighted by molar-refractivity contribution is 7.15. The Bertz CT molecular complexity index is 513. The van der Waals surface area contributed by atoms with Crippen LogP contribution in [-0.4, -0.2) is 35.0 Å². The minimum absolute atomic E-state index is 0.0432. The van der Waals surface area contributed by atoms with Crippen LogP contribution in [0.15, 0.2) is 0 Å². The van der Waals surface area contributed by atoms with Gasteiger partial charge in [0.25, 0.3) is 0 Å². The number of aromatic nitrogens is 1. The molecule has 1 aliphatic heterocycles. The molecule has 1 aliphatic rings. The normalized spacial score (nSPS) is 14.1. The first-order valence-corrected chi connectivity index (χ1v) is 7.54. The molecule has 20 heavy (non-hydrogen) atoms. The number of amides is 2. The molecular weight excluding hydrogens is 278 g/mol. The summed E-state index contributed by atoms with van der Waals surface area (Å²) in [5.41, 5.74) is 0.967. The number of hydrogen-bond donors (Lipinski definition) is 1. The predicted molar refractivity (Wildman–Crippen MR) is 76.7 cm³/mol. The Kier molecular flexibility index (Phi) is 4.59. The summed E-state index contributed by atoms with van der Waals surface area (Å²) < 4.78 is 5.00. The molecule has 1 aromatic rings. The number of nitrogens with one attached hydrogen (secondary N) is 1. The lowest BCUT2D eigenvalue weighted by atomic mass is 10.2. The molecule has 110 valence electrons. The first-order chi connectivity index (χ1) is 9.51. The van der Waals surface area contributed by atoms with Crippen LogP contribution < -0.4 is 5.32 Å². The van der Waals surface area contributed by atoms with Crippen molar-refractivity contribution in [1.82, 2.24) is 9.88 Å². The average molecular weight is 297 g/mol. The molecule has 2 rings (SSSR count). The fourth-order valence-electron chi connectivity index (χ4n) is 1.87. The Hall–Kier alpha value is -1.63. The average Bonchev–Trinajstić information content (AvgIpc) is 2.79. The Balaban J connectivity index is 2.04. The van der Waals surface area contributed by atoms with Crippen LogP contribution in [0.2, 0.25) is 0 Å². The van der Waals surface area contributed by atoms with Gasteiger partial charge < -0.3 is 15.0 Å². The quantitative estimate of drug-likeness (QED) is 0.929. The second-order valence-electron chi connectivity index (χ2n) is 4.90. The largest absolute Gasteiger partial charge is 0.450 e. The topological polar surface area (TPSA) is 71.5 Å². The second kappa shape index (κ2) is 6.21. The van der Waals surface area contributed by atoms with Crippen molar-refractivity contribution in [2.45, 2.75) is 33.7 Å². The zero-order valence-corrected chi connectivity index (χ0v) is 12.7. The zero-order valence-electron chi connectivity index (χ0n) is 11.9. The molecule has 6 nitrogen and oxygen atoms in total. The van der Waals surface area contributed by atoms with Crippen LogP contribution in [0, 0.1) is 5.92 Å². The van der Waals surface area contributed by atoms with Crippen molar-refractivity contribution in [3.8, 4) is 0 Å². The van der Waals surface area contributed by atoms with E-state index < -0.39 is 0 Å². The summed E-state index contributed by atoms with van der Waals surface area (Å²) in [7, 11) is 0. The Labute approximate surface area is 122 Å². The number of nitrogens with zero attached hydrogens (tertiary/aromatic N) is 2. The van der Waals surface area contributed by atoms with Crippen LogP contribution in [0.1, 0.15) is 31.3 Å². The molecule has 0 spiro atoms. The predicted octanol–water partition coefficient (Wildman–Crippen LogP) is 2.25. The van der Waals surface area contributed by atoms with E-state index >= 15 is 0 Å². The van der Waals surface area contributed by atoms with E-state index in [-0.39, 0.29) is 17.9 Å². The summed E-state index contributed by atoms with van der Waals surface area (Å²) in [5, 5.41) is 3.41. The van der Waals surface area contributed by atoms with E-state index in [1.54, 1.807) is 11.8 Å². The van der Waals surface area contributed by atoms with Gasteiger partial charge in [-0.05, 0) is 6.92 Å². The highest BCUT2D eigenvalue weighted by Crippen LogP contribution is 2.28. The fraction of sp³-hybridized carbons (Fsp3) is 0.615. The first-order valence-electron chi connectivity index (χ1n) is 6.72. The lowest BCUT2D eigenvalue weighted by molar-refractivity contribution is -0.118. The number of carbonyl (C=O) groups excluding carboxylic acids is 2. The molecule has 0 atom stereocenters. The molecule has 0 aromatic carbocycles. The van der Waals surface area contributed by atoms with Gasteiger partial charge in [-0.25, -0.2) is 9.78 Å². The van der Waals surface area contributed by atoms with Gasteiger partial charge in [-0.15, -0.1) is 0 Å². The molecule has 0 saturated heterocycles. The number of fused-ring (bicyclic) bond motifs is 1. The summed E-state index contributed by atoms with van der Waals surface area (Å²) in [5.74, 6) is -0.120. The van der Waals surface area contributed by atoms with E-state index in [0.29, 0.717) is 31.2 Å². The number of rotatable bonds is 3. The van der Waals surface area contributed by atoms with E-state index in [0.717, 1.165) is 10.6 Å². The van der Waals surface area contributed by atoms with Gasteiger partial charge in [-0.2, -0.15) is 0 Å². The Morgan fingerprint density at radius 1 is 1.50 bits per heavy atom. The van der Waals surface area contributed by atoms with E-state index in [1.165, 1.54) is 11.3 Å². The molecule has 1 N–H and O–H groups in total. The molecule has 0 radical (unpaired) electrons. The minimum atomic E-state index is -0.292. The van der Waals surface area contributed by atoms with Crippen molar-refractivity contribution in [3.05, 3.63) is 10.6 Å². The van der Waals surface area contributed by atoms with E-state index in [4.69, 9.17) is 4.74 Å². The third kappa shape index (κ3) is 3.27. The first kappa shape index (κ1) is 14.8.